The zero-order valence-corrected chi connectivity index (χ0v) is 14.8. The molecule has 21 heavy (non-hydrogen) atoms. The lowest BCUT2D eigenvalue weighted by atomic mass is 10.1. The molecule has 1 unspecified atom stereocenters. The minimum atomic E-state index is -0.205. The van der Waals surface area contributed by atoms with Crippen LogP contribution >= 0.6 is 0 Å². The standard InChI is InChI=1S/C16H35N3O2/c1-7-10-19(13-12-18(5)6)11-9-15(17-14(3)4)16(20)21-8-2/h14-15,17H,7-13H2,1-6H3. The molecule has 1 atom stereocenters. The molecule has 0 saturated carbocycles. The predicted octanol–water partition coefficient (Wildman–Crippen LogP) is 1.58. The van der Waals surface area contributed by atoms with Crippen LogP contribution in [0.4, 0.5) is 0 Å². The summed E-state index contributed by atoms with van der Waals surface area (Å²) in [5.41, 5.74) is 0. The summed E-state index contributed by atoms with van der Waals surface area (Å²) >= 11 is 0. The van der Waals surface area contributed by atoms with Crippen LogP contribution in [0.15, 0.2) is 0 Å². The van der Waals surface area contributed by atoms with Gasteiger partial charge in [0.15, 0.2) is 0 Å². The molecule has 0 amide bonds. The Hall–Kier alpha value is -0.650. The lowest BCUT2D eigenvalue weighted by molar-refractivity contribution is -0.146. The molecule has 0 aliphatic carbocycles. The molecule has 0 radical (unpaired) electrons. The second kappa shape index (κ2) is 12.0. The number of ether oxygens (including phenoxy) is 1. The third-order valence-corrected chi connectivity index (χ3v) is 3.24. The van der Waals surface area contributed by atoms with Crippen molar-refractivity contribution in [3.05, 3.63) is 0 Å². The molecule has 0 saturated heterocycles. The summed E-state index contributed by atoms with van der Waals surface area (Å²) in [5.74, 6) is -0.129. The average Bonchev–Trinajstić information content (AvgIpc) is 2.39. The van der Waals surface area contributed by atoms with E-state index in [0.29, 0.717) is 6.61 Å². The second-order valence-electron chi connectivity index (χ2n) is 6.06. The van der Waals surface area contributed by atoms with Crippen molar-refractivity contribution in [1.82, 2.24) is 15.1 Å². The van der Waals surface area contributed by atoms with Crippen LogP contribution < -0.4 is 5.32 Å². The highest BCUT2D eigenvalue weighted by Gasteiger charge is 2.21. The Bertz CT molecular complexity index is 270. The van der Waals surface area contributed by atoms with Crippen molar-refractivity contribution in [2.24, 2.45) is 0 Å². The summed E-state index contributed by atoms with van der Waals surface area (Å²) < 4.78 is 5.17. The molecule has 5 heteroatoms. The van der Waals surface area contributed by atoms with E-state index in [2.05, 4.69) is 50.0 Å². The molecule has 0 fully saturated rings. The molecule has 0 aliphatic heterocycles. The number of nitrogens with one attached hydrogen (secondary N) is 1. The van der Waals surface area contributed by atoms with Gasteiger partial charge in [-0.3, -0.25) is 4.79 Å². The Morgan fingerprint density at radius 3 is 2.24 bits per heavy atom. The van der Waals surface area contributed by atoms with Gasteiger partial charge in [0.1, 0.15) is 6.04 Å². The smallest absolute Gasteiger partial charge is 0.323 e. The van der Waals surface area contributed by atoms with Gasteiger partial charge in [-0.1, -0.05) is 20.8 Å². The Kier molecular flexibility index (Phi) is 11.6. The number of likely N-dealkylation sites (N-methyl/N-ethyl adjacent to an activating group) is 1. The Balaban J connectivity index is 4.40. The van der Waals surface area contributed by atoms with E-state index in [4.69, 9.17) is 4.74 Å². The summed E-state index contributed by atoms with van der Waals surface area (Å²) in [7, 11) is 4.18. The topological polar surface area (TPSA) is 44.8 Å². The monoisotopic (exact) mass is 301 g/mol. The van der Waals surface area contributed by atoms with Crippen LogP contribution in [0.2, 0.25) is 0 Å². The second-order valence-corrected chi connectivity index (χ2v) is 6.06. The zero-order chi connectivity index (χ0) is 16.3. The number of nitrogens with zero attached hydrogens (tertiary/aromatic N) is 2. The van der Waals surface area contributed by atoms with Gasteiger partial charge in [-0.25, -0.2) is 0 Å². The Morgan fingerprint density at radius 2 is 1.76 bits per heavy atom. The van der Waals surface area contributed by atoms with Gasteiger partial charge in [-0.15, -0.1) is 0 Å². The number of carbonyl (C=O) groups excluding carboxylic acids is 1. The van der Waals surface area contributed by atoms with Gasteiger partial charge in [0.2, 0.25) is 0 Å². The van der Waals surface area contributed by atoms with Gasteiger partial charge in [-0.05, 0) is 40.4 Å². The Morgan fingerprint density at radius 1 is 1.10 bits per heavy atom. The minimum absolute atomic E-state index is 0.129. The van der Waals surface area contributed by atoms with E-state index in [1.807, 2.05) is 6.92 Å². The molecule has 0 bridgehead atoms. The number of hydrogen-bond donors (Lipinski definition) is 1. The first-order valence-corrected chi connectivity index (χ1v) is 8.20. The van der Waals surface area contributed by atoms with Gasteiger partial charge in [0.05, 0.1) is 6.61 Å². The van der Waals surface area contributed by atoms with Crippen molar-refractivity contribution in [2.45, 2.75) is 52.6 Å². The predicted molar refractivity (Wildman–Crippen MR) is 88.6 cm³/mol. The molecule has 0 aromatic carbocycles. The fourth-order valence-corrected chi connectivity index (χ4v) is 2.22. The van der Waals surface area contributed by atoms with Crippen molar-refractivity contribution in [1.29, 1.82) is 0 Å². The van der Waals surface area contributed by atoms with Gasteiger partial charge >= 0.3 is 5.97 Å². The van der Waals surface area contributed by atoms with Crippen LogP contribution in [0.5, 0.6) is 0 Å². The molecule has 0 aliphatic rings. The summed E-state index contributed by atoms with van der Waals surface area (Å²) in [6.07, 6.45) is 1.93. The molecular formula is C16H35N3O2. The Labute approximate surface area is 131 Å². The molecule has 5 nitrogen and oxygen atoms in total. The summed E-state index contributed by atoms with van der Waals surface area (Å²) in [6, 6.07) is 0.0736. The maximum Gasteiger partial charge on any atom is 0.323 e. The van der Waals surface area contributed by atoms with Gasteiger partial charge in [-0.2, -0.15) is 0 Å². The number of hydrogen-bond acceptors (Lipinski definition) is 5. The highest BCUT2D eigenvalue weighted by Crippen LogP contribution is 2.02. The molecular weight excluding hydrogens is 266 g/mol. The van der Waals surface area contributed by atoms with Crippen LogP contribution in [0.25, 0.3) is 0 Å². The number of rotatable bonds is 12. The van der Waals surface area contributed by atoms with Crippen molar-refractivity contribution in [3.63, 3.8) is 0 Å². The summed E-state index contributed by atoms with van der Waals surface area (Å²) in [5, 5.41) is 3.32. The molecule has 0 spiro atoms. The third-order valence-electron chi connectivity index (χ3n) is 3.24. The molecule has 0 rings (SSSR count). The van der Waals surface area contributed by atoms with Gasteiger partial charge in [0, 0.05) is 25.7 Å². The van der Waals surface area contributed by atoms with Crippen LogP contribution in [-0.2, 0) is 9.53 Å². The maximum absolute atomic E-state index is 12.0. The molecule has 1 N–H and O–H groups in total. The van der Waals surface area contributed by atoms with Crippen LogP contribution in [-0.4, -0.2) is 74.7 Å². The van der Waals surface area contributed by atoms with Gasteiger partial charge < -0.3 is 19.9 Å². The summed E-state index contributed by atoms with van der Waals surface area (Å²) in [4.78, 5) is 16.6. The molecule has 0 aromatic rings. The van der Waals surface area contributed by atoms with E-state index >= 15 is 0 Å². The first kappa shape index (κ1) is 20.3. The zero-order valence-electron chi connectivity index (χ0n) is 14.8. The van der Waals surface area contributed by atoms with Crippen molar-refractivity contribution in [3.8, 4) is 0 Å². The fourth-order valence-electron chi connectivity index (χ4n) is 2.22. The van der Waals surface area contributed by atoms with E-state index < -0.39 is 0 Å². The first-order chi connectivity index (χ1) is 9.90. The van der Waals surface area contributed by atoms with Crippen LogP contribution in [0.1, 0.15) is 40.5 Å². The van der Waals surface area contributed by atoms with Gasteiger partial charge in [0.25, 0.3) is 0 Å². The maximum atomic E-state index is 12.0. The third kappa shape index (κ3) is 10.7. The van der Waals surface area contributed by atoms with Crippen LogP contribution in [0, 0.1) is 0 Å². The minimum Gasteiger partial charge on any atom is -0.465 e. The van der Waals surface area contributed by atoms with Crippen molar-refractivity contribution in [2.75, 3.05) is 46.9 Å². The SMILES string of the molecule is CCCN(CCC(NC(C)C)C(=O)OCC)CCN(C)C. The van der Waals surface area contributed by atoms with E-state index in [9.17, 15) is 4.79 Å². The largest absolute Gasteiger partial charge is 0.465 e. The lowest BCUT2D eigenvalue weighted by Crippen LogP contribution is -2.44. The normalized spacial score (nSPS) is 13.2. The van der Waals surface area contributed by atoms with E-state index in [0.717, 1.165) is 39.0 Å². The quantitative estimate of drug-likeness (QED) is 0.555. The summed E-state index contributed by atoms with van der Waals surface area (Å²) in [6.45, 7) is 12.7. The first-order valence-electron chi connectivity index (χ1n) is 8.20. The fraction of sp³-hybridized carbons (Fsp3) is 0.938. The molecule has 0 heterocycles. The number of esters is 1. The number of carbonyl (C=O) groups is 1. The lowest BCUT2D eigenvalue weighted by Gasteiger charge is -2.26. The van der Waals surface area contributed by atoms with E-state index in [1.165, 1.54) is 0 Å². The average molecular weight is 301 g/mol. The van der Waals surface area contributed by atoms with E-state index in [1.54, 1.807) is 0 Å². The van der Waals surface area contributed by atoms with Crippen LogP contribution in [0.3, 0.4) is 0 Å². The highest BCUT2D eigenvalue weighted by molar-refractivity contribution is 5.75. The van der Waals surface area contributed by atoms with Crippen molar-refractivity contribution >= 4 is 5.97 Å². The van der Waals surface area contributed by atoms with E-state index in [-0.39, 0.29) is 18.1 Å². The van der Waals surface area contributed by atoms with Crippen molar-refractivity contribution < 1.29 is 9.53 Å². The highest BCUT2D eigenvalue weighted by atomic mass is 16.5. The molecule has 0 aromatic heterocycles. The molecule has 126 valence electrons.